The molecule has 3 nitrogen and oxygen atoms in total. The molecule has 249 valence electrons. The molecular formula is C37H50Cl4FeN3. The van der Waals surface area contributed by atoms with Crippen LogP contribution < -0.4 is 37.2 Å². The fraction of sp³-hybridized carbons (Fsp3) is 0.486. The molecule has 0 bridgehead atoms. The van der Waals surface area contributed by atoms with Crippen molar-refractivity contribution in [3.8, 4) is 0 Å². The molecule has 0 aliphatic heterocycles. The first-order valence-corrected chi connectivity index (χ1v) is 16.4. The van der Waals surface area contributed by atoms with Crippen molar-refractivity contribution >= 4 is 35.4 Å². The van der Waals surface area contributed by atoms with Crippen molar-refractivity contribution in [2.75, 3.05) is 0 Å². The number of nitrogens with zero attached hydrogens (tertiary/aromatic N) is 3. The number of halogens is 4. The number of rotatable bonds is 16. The zero-order valence-corrected chi connectivity index (χ0v) is 31.9. The van der Waals surface area contributed by atoms with E-state index in [4.69, 9.17) is 26.6 Å². The third-order valence-corrected chi connectivity index (χ3v) is 7.51. The Morgan fingerprint density at radius 1 is 0.511 bits per heavy atom. The van der Waals surface area contributed by atoms with Gasteiger partial charge in [0.1, 0.15) is 0 Å². The van der Waals surface area contributed by atoms with Gasteiger partial charge >= 0.3 is 17.1 Å². The third-order valence-electron chi connectivity index (χ3n) is 7.29. The van der Waals surface area contributed by atoms with Gasteiger partial charge in [0, 0.05) is 5.02 Å². The summed E-state index contributed by atoms with van der Waals surface area (Å²) < 4.78 is 0. The Morgan fingerprint density at radius 3 is 1.07 bits per heavy atom. The van der Waals surface area contributed by atoms with E-state index in [9.17, 15) is 0 Å². The average molecular weight is 734 g/mol. The van der Waals surface area contributed by atoms with Crippen LogP contribution >= 0.6 is 11.6 Å². The summed E-state index contributed by atoms with van der Waals surface area (Å²) in [5, 5.41) is 0.643. The molecule has 3 aromatic rings. The molecule has 0 fully saturated rings. The fourth-order valence-corrected chi connectivity index (χ4v) is 5.86. The second-order valence-electron chi connectivity index (χ2n) is 11.2. The molecule has 2 aromatic carbocycles. The van der Waals surface area contributed by atoms with Gasteiger partial charge < -0.3 is 37.2 Å². The fourth-order valence-electron chi connectivity index (χ4n) is 5.63. The van der Waals surface area contributed by atoms with Crippen LogP contribution in [0.3, 0.4) is 0 Å². The van der Waals surface area contributed by atoms with E-state index in [0.29, 0.717) is 5.02 Å². The van der Waals surface area contributed by atoms with Crippen LogP contribution in [0.2, 0.25) is 5.02 Å². The topological polar surface area (TPSA) is 37.6 Å². The SMILES string of the molecule is CCCc1cc(CCC)c(N=Cc2cc(Cl)cc(C=Nc3c(CCC)cc(CCC)cc3CCC)n2)c(CCC)c1.[Cl-].[Cl-].[Cl-].[Fe+3]. The average Bonchev–Trinajstić information content (AvgIpc) is 2.93. The summed E-state index contributed by atoms with van der Waals surface area (Å²) in [5.41, 5.74) is 11.9. The Labute approximate surface area is 307 Å². The van der Waals surface area contributed by atoms with Crippen LogP contribution in [-0.4, -0.2) is 17.4 Å². The largest absolute Gasteiger partial charge is 3.00 e. The van der Waals surface area contributed by atoms with Gasteiger partial charge in [-0.25, -0.2) is 4.98 Å². The van der Waals surface area contributed by atoms with E-state index in [-0.39, 0.29) is 54.3 Å². The van der Waals surface area contributed by atoms with Gasteiger partial charge in [-0.3, -0.25) is 9.98 Å². The normalized spacial score (nSPS) is 10.7. The molecule has 1 aromatic heterocycles. The molecule has 0 aliphatic carbocycles. The molecule has 0 saturated carbocycles. The number of aliphatic imine (C=N–C) groups is 2. The van der Waals surface area contributed by atoms with Gasteiger partial charge in [-0.05, 0) is 84.0 Å². The Morgan fingerprint density at radius 2 is 0.800 bits per heavy atom. The standard InChI is InChI=1S/C37H50ClN3.3ClH.Fe/c1-7-13-27-19-29(15-9-3)36(30(20-27)16-10-4)39-25-34-23-33(38)24-35(41-34)26-40-37-31(17-11-5)21-28(14-8-2)22-32(37)18-12-6;;;;/h19-26H,7-18H2,1-6H3;3*1H;/q;;;;+3/p-3. The van der Waals surface area contributed by atoms with Crippen molar-refractivity contribution in [3.05, 3.63) is 86.2 Å². The number of hydrogen-bond donors (Lipinski definition) is 0. The molecule has 0 atom stereocenters. The summed E-state index contributed by atoms with van der Waals surface area (Å²) in [6.07, 6.45) is 16.8. The number of benzene rings is 2. The van der Waals surface area contributed by atoms with Crippen molar-refractivity contribution in [2.45, 2.75) is 119 Å². The van der Waals surface area contributed by atoms with Gasteiger partial charge in [0.25, 0.3) is 0 Å². The molecule has 8 heteroatoms. The monoisotopic (exact) mass is 732 g/mol. The van der Waals surface area contributed by atoms with Gasteiger partial charge in [0.2, 0.25) is 0 Å². The van der Waals surface area contributed by atoms with E-state index in [1.165, 1.54) is 33.4 Å². The van der Waals surface area contributed by atoms with Crippen molar-refractivity contribution in [1.29, 1.82) is 0 Å². The Balaban J connectivity index is 0. The smallest absolute Gasteiger partial charge is 1.00 e. The van der Waals surface area contributed by atoms with Crippen LogP contribution in [-0.2, 0) is 55.6 Å². The summed E-state index contributed by atoms with van der Waals surface area (Å²) in [6.45, 7) is 13.4. The molecule has 1 heterocycles. The minimum atomic E-state index is 0. The second kappa shape index (κ2) is 24.7. The first-order chi connectivity index (χ1) is 20.0. The molecule has 0 spiro atoms. The van der Waals surface area contributed by atoms with Crippen molar-refractivity contribution in [2.24, 2.45) is 9.98 Å². The molecule has 0 unspecified atom stereocenters. The quantitative estimate of drug-likeness (QED) is 0.164. The molecular weight excluding hydrogens is 684 g/mol. The number of hydrogen-bond acceptors (Lipinski definition) is 3. The van der Waals surface area contributed by atoms with E-state index < -0.39 is 0 Å². The number of pyridine rings is 1. The Hall–Kier alpha value is -1.39. The van der Waals surface area contributed by atoms with Crippen LogP contribution in [0, 0.1) is 0 Å². The van der Waals surface area contributed by atoms with Gasteiger partial charge in [0.05, 0.1) is 35.2 Å². The van der Waals surface area contributed by atoms with Gasteiger partial charge in [-0.1, -0.05) is 116 Å². The van der Waals surface area contributed by atoms with Gasteiger partial charge in [-0.15, -0.1) is 0 Å². The first kappa shape index (κ1) is 45.7. The van der Waals surface area contributed by atoms with Crippen LogP contribution in [0.25, 0.3) is 0 Å². The number of aryl methyl sites for hydroxylation is 6. The second-order valence-corrected chi connectivity index (χ2v) is 11.6. The van der Waals surface area contributed by atoms with Crippen LogP contribution in [0.5, 0.6) is 0 Å². The molecule has 0 aliphatic rings. The maximum Gasteiger partial charge on any atom is 3.00 e. The van der Waals surface area contributed by atoms with E-state index in [1.54, 1.807) is 0 Å². The zero-order chi connectivity index (χ0) is 29.6. The van der Waals surface area contributed by atoms with Crippen LogP contribution in [0.1, 0.15) is 125 Å². The van der Waals surface area contributed by atoms with Crippen molar-refractivity contribution in [1.82, 2.24) is 4.98 Å². The van der Waals surface area contributed by atoms with E-state index in [1.807, 2.05) is 24.6 Å². The van der Waals surface area contributed by atoms with Crippen molar-refractivity contribution in [3.63, 3.8) is 0 Å². The van der Waals surface area contributed by atoms with Crippen LogP contribution in [0.4, 0.5) is 11.4 Å². The summed E-state index contributed by atoms with van der Waals surface area (Å²) >= 11 is 6.59. The summed E-state index contributed by atoms with van der Waals surface area (Å²) in [4.78, 5) is 14.9. The maximum absolute atomic E-state index is 6.59. The van der Waals surface area contributed by atoms with E-state index in [0.717, 1.165) is 99.8 Å². The molecule has 0 N–H and O–H groups in total. The summed E-state index contributed by atoms with van der Waals surface area (Å²) in [5.74, 6) is 0. The van der Waals surface area contributed by atoms with Gasteiger partial charge in [-0.2, -0.15) is 0 Å². The maximum atomic E-state index is 6.59. The first-order valence-electron chi connectivity index (χ1n) is 16.0. The summed E-state index contributed by atoms with van der Waals surface area (Å²) in [6, 6.07) is 13.2. The molecule has 0 amide bonds. The Kier molecular flexibility index (Phi) is 25.1. The van der Waals surface area contributed by atoms with E-state index in [2.05, 4.69) is 65.8 Å². The summed E-state index contributed by atoms with van der Waals surface area (Å²) in [7, 11) is 0. The third kappa shape index (κ3) is 14.1. The molecule has 0 saturated heterocycles. The minimum Gasteiger partial charge on any atom is -1.00 e. The zero-order valence-electron chi connectivity index (χ0n) is 27.8. The predicted octanol–water partition coefficient (Wildman–Crippen LogP) is 1.96. The van der Waals surface area contributed by atoms with Gasteiger partial charge in [0.15, 0.2) is 0 Å². The molecule has 1 radical (unpaired) electrons. The van der Waals surface area contributed by atoms with Crippen molar-refractivity contribution < 1.29 is 54.3 Å². The molecule has 45 heavy (non-hydrogen) atoms. The Bertz CT molecular complexity index is 1190. The van der Waals surface area contributed by atoms with E-state index >= 15 is 0 Å². The predicted molar refractivity (Wildman–Crippen MR) is 181 cm³/mol. The molecule has 3 rings (SSSR count). The number of aromatic nitrogens is 1. The minimum absolute atomic E-state index is 0. The van der Waals surface area contributed by atoms with Crippen LogP contribution in [0.15, 0.2) is 46.4 Å².